The van der Waals surface area contributed by atoms with Crippen LogP contribution in [0.25, 0.3) is 16.6 Å². The van der Waals surface area contributed by atoms with Gasteiger partial charge in [0.15, 0.2) is 0 Å². The molecule has 0 fully saturated rings. The van der Waals surface area contributed by atoms with Gasteiger partial charge in [0, 0.05) is 11.1 Å². The van der Waals surface area contributed by atoms with Crippen molar-refractivity contribution in [2.24, 2.45) is 0 Å². The molecule has 7 nitrogen and oxygen atoms in total. The lowest BCUT2D eigenvalue weighted by molar-refractivity contribution is -0.117. The summed E-state index contributed by atoms with van der Waals surface area (Å²) in [6.07, 6.45) is 1.67. The van der Waals surface area contributed by atoms with E-state index in [1.165, 1.54) is 4.68 Å². The molecular formula is C24H25N5O2. The van der Waals surface area contributed by atoms with Crippen molar-refractivity contribution in [3.63, 3.8) is 0 Å². The summed E-state index contributed by atoms with van der Waals surface area (Å²) in [5.74, 6) is -0.244. The molecule has 1 N–H and O–H groups in total. The number of nitrogens with zero attached hydrogens (tertiary/aromatic N) is 4. The molecular weight excluding hydrogens is 390 g/mol. The van der Waals surface area contributed by atoms with Crippen LogP contribution in [-0.2, 0) is 11.3 Å². The van der Waals surface area contributed by atoms with Gasteiger partial charge in [-0.25, -0.2) is 9.36 Å². The molecule has 4 rings (SSSR count). The number of anilines is 1. The molecule has 0 spiro atoms. The predicted molar refractivity (Wildman–Crippen MR) is 122 cm³/mol. The Hall–Kier alpha value is -3.74. The van der Waals surface area contributed by atoms with Crippen LogP contribution in [-0.4, -0.2) is 25.5 Å². The molecule has 0 aliphatic heterocycles. The molecule has 0 aliphatic carbocycles. The van der Waals surface area contributed by atoms with Gasteiger partial charge in [-0.3, -0.25) is 9.59 Å². The normalized spacial score (nSPS) is 11.3. The summed E-state index contributed by atoms with van der Waals surface area (Å²) >= 11 is 0. The Morgan fingerprint density at radius 3 is 2.52 bits per heavy atom. The number of amides is 1. The van der Waals surface area contributed by atoms with Gasteiger partial charge in [0.05, 0.1) is 17.6 Å². The number of aromatic nitrogens is 4. The SMILES string of the molecule is Cc1ccc(NC(=O)Cn2nc(C(C)C)c3cnn(-c4ccccc4)c3c2=O)c(C)c1. The van der Waals surface area contributed by atoms with E-state index < -0.39 is 0 Å². The minimum Gasteiger partial charge on any atom is -0.324 e. The lowest BCUT2D eigenvalue weighted by atomic mass is 10.1. The highest BCUT2D eigenvalue weighted by molar-refractivity contribution is 5.91. The van der Waals surface area contributed by atoms with Gasteiger partial charge >= 0.3 is 0 Å². The van der Waals surface area contributed by atoms with Crippen LogP contribution in [0, 0.1) is 13.8 Å². The molecule has 0 saturated carbocycles. The Labute approximate surface area is 180 Å². The molecule has 0 unspecified atom stereocenters. The second-order valence-electron chi connectivity index (χ2n) is 8.02. The fraction of sp³-hybridized carbons (Fsp3) is 0.250. The van der Waals surface area contributed by atoms with Crippen LogP contribution in [0.5, 0.6) is 0 Å². The molecule has 2 aromatic carbocycles. The average molecular weight is 415 g/mol. The van der Waals surface area contributed by atoms with Gasteiger partial charge in [-0.2, -0.15) is 10.2 Å². The third-order valence-electron chi connectivity index (χ3n) is 5.21. The minimum atomic E-state index is -0.350. The maximum absolute atomic E-state index is 13.3. The number of fused-ring (bicyclic) bond motifs is 1. The Bertz CT molecular complexity index is 1320. The molecule has 31 heavy (non-hydrogen) atoms. The lowest BCUT2D eigenvalue weighted by Gasteiger charge is -2.13. The van der Waals surface area contributed by atoms with E-state index >= 15 is 0 Å². The van der Waals surface area contributed by atoms with Crippen molar-refractivity contribution in [3.05, 3.63) is 81.9 Å². The van der Waals surface area contributed by atoms with E-state index in [0.29, 0.717) is 10.9 Å². The van der Waals surface area contributed by atoms with E-state index in [-0.39, 0.29) is 23.9 Å². The number of para-hydroxylation sites is 1. The van der Waals surface area contributed by atoms with Gasteiger partial charge in [-0.05, 0) is 43.5 Å². The molecule has 0 radical (unpaired) electrons. The third-order valence-corrected chi connectivity index (χ3v) is 5.21. The van der Waals surface area contributed by atoms with Crippen LogP contribution in [0.15, 0.2) is 59.5 Å². The summed E-state index contributed by atoms with van der Waals surface area (Å²) in [6.45, 7) is 7.77. The van der Waals surface area contributed by atoms with Gasteiger partial charge < -0.3 is 5.32 Å². The molecule has 4 aromatic rings. The number of benzene rings is 2. The van der Waals surface area contributed by atoms with Crippen molar-refractivity contribution in [1.29, 1.82) is 0 Å². The Morgan fingerprint density at radius 1 is 1.10 bits per heavy atom. The molecule has 2 aromatic heterocycles. The van der Waals surface area contributed by atoms with Crippen LogP contribution in [0.3, 0.4) is 0 Å². The van der Waals surface area contributed by atoms with Crippen molar-refractivity contribution >= 4 is 22.5 Å². The Morgan fingerprint density at radius 2 is 1.84 bits per heavy atom. The summed E-state index contributed by atoms with van der Waals surface area (Å²) in [7, 11) is 0. The van der Waals surface area contributed by atoms with E-state index in [0.717, 1.165) is 28.2 Å². The zero-order valence-electron chi connectivity index (χ0n) is 18.1. The number of carbonyl (C=O) groups is 1. The molecule has 0 atom stereocenters. The fourth-order valence-corrected chi connectivity index (χ4v) is 3.67. The highest BCUT2D eigenvalue weighted by Gasteiger charge is 2.20. The number of rotatable bonds is 5. The average Bonchev–Trinajstić information content (AvgIpc) is 3.18. The third kappa shape index (κ3) is 3.99. The quantitative estimate of drug-likeness (QED) is 0.535. The smallest absolute Gasteiger partial charge is 0.293 e. The zero-order valence-corrected chi connectivity index (χ0v) is 18.1. The largest absolute Gasteiger partial charge is 0.324 e. The summed E-state index contributed by atoms with van der Waals surface area (Å²) in [6, 6.07) is 15.3. The topological polar surface area (TPSA) is 81.8 Å². The lowest BCUT2D eigenvalue weighted by Crippen LogP contribution is -2.31. The van der Waals surface area contributed by atoms with Gasteiger partial charge in [-0.15, -0.1) is 0 Å². The highest BCUT2D eigenvalue weighted by Crippen LogP contribution is 2.23. The first-order valence-electron chi connectivity index (χ1n) is 10.3. The van der Waals surface area contributed by atoms with Crippen molar-refractivity contribution in [1.82, 2.24) is 19.6 Å². The van der Waals surface area contributed by atoms with Gasteiger partial charge in [0.25, 0.3) is 5.56 Å². The number of nitrogens with one attached hydrogen (secondary N) is 1. The molecule has 0 aliphatic rings. The number of carbonyl (C=O) groups excluding carboxylic acids is 1. The maximum atomic E-state index is 13.3. The molecule has 0 bridgehead atoms. The first-order chi connectivity index (χ1) is 14.8. The molecule has 1 amide bonds. The van der Waals surface area contributed by atoms with Crippen LogP contribution < -0.4 is 10.9 Å². The van der Waals surface area contributed by atoms with Crippen molar-refractivity contribution < 1.29 is 4.79 Å². The first-order valence-corrected chi connectivity index (χ1v) is 10.3. The monoisotopic (exact) mass is 415 g/mol. The summed E-state index contributed by atoms with van der Waals surface area (Å²) in [4.78, 5) is 26.1. The fourth-order valence-electron chi connectivity index (χ4n) is 3.67. The van der Waals surface area contributed by atoms with E-state index in [4.69, 9.17) is 0 Å². The van der Waals surface area contributed by atoms with E-state index in [1.54, 1.807) is 10.9 Å². The number of hydrogen-bond donors (Lipinski definition) is 1. The zero-order chi connectivity index (χ0) is 22.1. The van der Waals surface area contributed by atoms with Gasteiger partial charge in [-0.1, -0.05) is 49.7 Å². The maximum Gasteiger partial charge on any atom is 0.293 e. The van der Waals surface area contributed by atoms with Gasteiger partial charge in [0.1, 0.15) is 12.1 Å². The second-order valence-corrected chi connectivity index (χ2v) is 8.02. The number of hydrogen-bond acceptors (Lipinski definition) is 4. The highest BCUT2D eigenvalue weighted by atomic mass is 16.2. The Kier molecular flexibility index (Phi) is 5.42. The summed E-state index contributed by atoms with van der Waals surface area (Å²) in [5.41, 5.74) is 4.39. The van der Waals surface area contributed by atoms with Crippen LogP contribution in [0.1, 0.15) is 36.6 Å². The standard InChI is InChI=1S/C24H25N5O2/c1-15(2)22-19-13-25-29(18-8-6-5-7-9-18)23(19)24(31)28(27-22)14-21(30)26-20-11-10-16(3)12-17(20)4/h5-13,15H,14H2,1-4H3,(H,26,30). The van der Waals surface area contributed by atoms with Crippen molar-refractivity contribution in [3.8, 4) is 5.69 Å². The minimum absolute atomic E-state index is 0.0603. The second kappa shape index (κ2) is 8.18. The van der Waals surface area contributed by atoms with Crippen molar-refractivity contribution in [2.75, 3.05) is 5.32 Å². The van der Waals surface area contributed by atoms with Crippen molar-refractivity contribution in [2.45, 2.75) is 40.2 Å². The predicted octanol–water partition coefficient (Wildman–Crippen LogP) is 3.96. The van der Waals surface area contributed by atoms with Crippen LogP contribution >= 0.6 is 0 Å². The number of aryl methyl sites for hydroxylation is 2. The summed E-state index contributed by atoms with van der Waals surface area (Å²) < 4.78 is 2.85. The molecule has 7 heteroatoms. The van der Waals surface area contributed by atoms with Crippen LogP contribution in [0.2, 0.25) is 0 Å². The molecule has 2 heterocycles. The molecule has 158 valence electrons. The van der Waals surface area contributed by atoms with E-state index in [9.17, 15) is 9.59 Å². The van der Waals surface area contributed by atoms with Crippen LogP contribution in [0.4, 0.5) is 5.69 Å². The first kappa shape index (κ1) is 20.5. The van der Waals surface area contributed by atoms with E-state index in [2.05, 4.69) is 15.5 Å². The Balaban J connectivity index is 1.76. The molecule has 0 saturated heterocycles. The van der Waals surface area contributed by atoms with E-state index in [1.807, 2.05) is 76.2 Å². The summed E-state index contributed by atoms with van der Waals surface area (Å²) in [5, 5.41) is 12.5. The van der Waals surface area contributed by atoms with Gasteiger partial charge in [0.2, 0.25) is 5.91 Å².